The molecule has 1 unspecified atom stereocenters. The maximum absolute atomic E-state index is 12.2. The SMILES string of the molecule is CCNC(=NCc1cccc(OCC(F)F)c1)NCC1CCCO1. The quantitative estimate of drug-likeness (QED) is 0.564. The Kier molecular flexibility index (Phi) is 7.74. The summed E-state index contributed by atoms with van der Waals surface area (Å²) in [6.45, 7) is 4.15. The number of aliphatic imine (C=N–C) groups is 1. The van der Waals surface area contributed by atoms with Crippen LogP contribution in [0.25, 0.3) is 0 Å². The van der Waals surface area contributed by atoms with Gasteiger partial charge in [0.1, 0.15) is 12.4 Å². The van der Waals surface area contributed by atoms with E-state index < -0.39 is 13.0 Å². The number of halogens is 2. The maximum atomic E-state index is 12.2. The Labute approximate surface area is 141 Å². The van der Waals surface area contributed by atoms with Gasteiger partial charge in [-0.3, -0.25) is 0 Å². The minimum atomic E-state index is -2.48. The molecule has 1 aliphatic heterocycles. The Balaban J connectivity index is 1.88. The third kappa shape index (κ3) is 6.70. The number of guanidine groups is 1. The van der Waals surface area contributed by atoms with Crippen molar-refractivity contribution in [1.29, 1.82) is 0 Å². The van der Waals surface area contributed by atoms with Gasteiger partial charge in [0.15, 0.2) is 5.96 Å². The van der Waals surface area contributed by atoms with E-state index in [1.807, 2.05) is 13.0 Å². The van der Waals surface area contributed by atoms with E-state index in [0.29, 0.717) is 18.3 Å². The van der Waals surface area contributed by atoms with Gasteiger partial charge in [-0.1, -0.05) is 12.1 Å². The fraction of sp³-hybridized carbons (Fsp3) is 0.588. The molecule has 1 aromatic carbocycles. The molecule has 5 nitrogen and oxygen atoms in total. The largest absolute Gasteiger partial charge is 0.488 e. The molecule has 1 aromatic rings. The Morgan fingerprint density at radius 1 is 1.42 bits per heavy atom. The monoisotopic (exact) mass is 341 g/mol. The van der Waals surface area contributed by atoms with Crippen LogP contribution in [0.3, 0.4) is 0 Å². The minimum absolute atomic E-state index is 0.236. The summed E-state index contributed by atoms with van der Waals surface area (Å²) >= 11 is 0. The predicted molar refractivity (Wildman–Crippen MR) is 89.7 cm³/mol. The van der Waals surface area contributed by atoms with Crippen LogP contribution in [0.1, 0.15) is 25.3 Å². The van der Waals surface area contributed by atoms with Gasteiger partial charge in [-0.25, -0.2) is 13.8 Å². The van der Waals surface area contributed by atoms with Gasteiger partial charge in [-0.05, 0) is 37.5 Å². The van der Waals surface area contributed by atoms with Gasteiger partial charge >= 0.3 is 0 Å². The van der Waals surface area contributed by atoms with E-state index in [2.05, 4.69) is 15.6 Å². The third-order valence-corrected chi connectivity index (χ3v) is 3.56. The van der Waals surface area contributed by atoms with Gasteiger partial charge in [0, 0.05) is 19.7 Å². The van der Waals surface area contributed by atoms with Crippen LogP contribution in [0, 0.1) is 0 Å². The van der Waals surface area contributed by atoms with Crippen LogP contribution in [0.2, 0.25) is 0 Å². The van der Waals surface area contributed by atoms with Crippen LogP contribution >= 0.6 is 0 Å². The first-order chi connectivity index (χ1) is 11.7. The highest BCUT2D eigenvalue weighted by Crippen LogP contribution is 2.15. The third-order valence-electron chi connectivity index (χ3n) is 3.56. The average molecular weight is 341 g/mol. The number of alkyl halides is 2. The van der Waals surface area contributed by atoms with Gasteiger partial charge < -0.3 is 20.1 Å². The van der Waals surface area contributed by atoms with Crippen molar-refractivity contribution in [1.82, 2.24) is 10.6 Å². The van der Waals surface area contributed by atoms with Gasteiger partial charge in [0.2, 0.25) is 0 Å². The average Bonchev–Trinajstić information content (AvgIpc) is 3.09. The molecule has 0 spiro atoms. The van der Waals surface area contributed by atoms with E-state index in [0.717, 1.165) is 38.1 Å². The molecule has 0 saturated carbocycles. The Hall–Kier alpha value is -1.89. The lowest BCUT2D eigenvalue weighted by Crippen LogP contribution is -2.41. The second kappa shape index (κ2) is 10.1. The predicted octanol–water partition coefficient (Wildman–Crippen LogP) is 2.56. The van der Waals surface area contributed by atoms with Crippen LogP contribution in [0.15, 0.2) is 29.3 Å². The van der Waals surface area contributed by atoms with Crippen LogP contribution in [0.5, 0.6) is 5.75 Å². The summed E-state index contributed by atoms with van der Waals surface area (Å²) in [6, 6.07) is 7.06. The molecular weight excluding hydrogens is 316 g/mol. The second-order valence-corrected chi connectivity index (χ2v) is 5.56. The molecule has 7 heteroatoms. The number of hydrogen-bond acceptors (Lipinski definition) is 3. The zero-order chi connectivity index (χ0) is 17.2. The summed E-state index contributed by atoms with van der Waals surface area (Å²) in [7, 11) is 0. The normalized spacial score (nSPS) is 18.0. The van der Waals surface area contributed by atoms with Crippen molar-refractivity contribution < 1.29 is 18.3 Å². The van der Waals surface area contributed by atoms with Crippen molar-refractivity contribution in [2.75, 3.05) is 26.3 Å². The molecular formula is C17H25F2N3O2. The molecule has 1 heterocycles. The van der Waals surface area contributed by atoms with Gasteiger partial charge in [-0.2, -0.15) is 0 Å². The number of benzene rings is 1. The van der Waals surface area contributed by atoms with Crippen molar-refractivity contribution in [3.8, 4) is 5.75 Å². The van der Waals surface area contributed by atoms with E-state index >= 15 is 0 Å². The lowest BCUT2D eigenvalue weighted by atomic mass is 10.2. The first-order valence-electron chi connectivity index (χ1n) is 8.31. The van der Waals surface area contributed by atoms with Crippen molar-refractivity contribution in [2.24, 2.45) is 4.99 Å². The summed E-state index contributed by atoms with van der Waals surface area (Å²) in [5.74, 6) is 1.15. The summed E-state index contributed by atoms with van der Waals surface area (Å²) in [6.07, 6.45) is -0.0737. The molecule has 0 radical (unpaired) electrons. The molecule has 2 rings (SSSR count). The van der Waals surface area contributed by atoms with Crippen molar-refractivity contribution in [3.05, 3.63) is 29.8 Å². The zero-order valence-corrected chi connectivity index (χ0v) is 13.9. The molecule has 24 heavy (non-hydrogen) atoms. The molecule has 0 aromatic heterocycles. The molecule has 1 fully saturated rings. The molecule has 1 atom stereocenters. The lowest BCUT2D eigenvalue weighted by Gasteiger charge is -2.15. The topological polar surface area (TPSA) is 54.9 Å². The second-order valence-electron chi connectivity index (χ2n) is 5.56. The summed E-state index contributed by atoms with van der Waals surface area (Å²) in [5.41, 5.74) is 0.899. The number of rotatable bonds is 8. The van der Waals surface area contributed by atoms with Crippen molar-refractivity contribution in [2.45, 2.75) is 38.8 Å². The fourth-order valence-corrected chi connectivity index (χ4v) is 2.42. The van der Waals surface area contributed by atoms with E-state index in [1.165, 1.54) is 0 Å². The molecule has 2 N–H and O–H groups in total. The molecule has 0 aliphatic carbocycles. The van der Waals surface area contributed by atoms with E-state index in [1.54, 1.807) is 18.2 Å². The summed E-state index contributed by atoms with van der Waals surface area (Å²) < 4.78 is 35.0. The zero-order valence-electron chi connectivity index (χ0n) is 13.9. The highest BCUT2D eigenvalue weighted by Gasteiger charge is 2.15. The first-order valence-corrected chi connectivity index (χ1v) is 8.31. The number of nitrogens with zero attached hydrogens (tertiary/aromatic N) is 1. The summed E-state index contributed by atoms with van der Waals surface area (Å²) in [4.78, 5) is 4.52. The highest BCUT2D eigenvalue weighted by atomic mass is 19.3. The van der Waals surface area contributed by atoms with Crippen LogP contribution in [0.4, 0.5) is 8.78 Å². The van der Waals surface area contributed by atoms with Crippen molar-refractivity contribution in [3.63, 3.8) is 0 Å². The number of hydrogen-bond donors (Lipinski definition) is 2. The van der Waals surface area contributed by atoms with E-state index in [4.69, 9.17) is 9.47 Å². The molecule has 1 aliphatic rings. The van der Waals surface area contributed by atoms with Crippen LogP contribution in [-0.4, -0.2) is 44.8 Å². The van der Waals surface area contributed by atoms with Gasteiger partial charge in [0.25, 0.3) is 6.43 Å². The van der Waals surface area contributed by atoms with Gasteiger partial charge in [-0.15, -0.1) is 0 Å². The first kappa shape index (κ1) is 18.4. The lowest BCUT2D eigenvalue weighted by molar-refractivity contribution is 0.0818. The molecule has 134 valence electrons. The Morgan fingerprint density at radius 3 is 3.00 bits per heavy atom. The molecule has 1 saturated heterocycles. The van der Waals surface area contributed by atoms with E-state index in [9.17, 15) is 8.78 Å². The number of nitrogens with one attached hydrogen (secondary N) is 2. The molecule has 0 amide bonds. The standard InChI is InChI=1S/C17H25F2N3O2/c1-2-20-17(22-11-15-7-4-8-23-15)21-10-13-5-3-6-14(9-13)24-12-16(18)19/h3,5-6,9,15-16H,2,4,7-8,10-12H2,1H3,(H2,20,21,22). The number of ether oxygens (including phenoxy) is 2. The smallest absolute Gasteiger partial charge is 0.272 e. The van der Waals surface area contributed by atoms with E-state index in [-0.39, 0.29) is 6.10 Å². The van der Waals surface area contributed by atoms with Crippen LogP contribution in [-0.2, 0) is 11.3 Å². The minimum Gasteiger partial charge on any atom is -0.488 e. The van der Waals surface area contributed by atoms with Crippen LogP contribution < -0.4 is 15.4 Å². The highest BCUT2D eigenvalue weighted by molar-refractivity contribution is 5.79. The Morgan fingerprint density at radius 2 is 2.29 bits per heavy atom. The summed E-state index contributed by atoms with van der Waals surface area (Å²) in [5, 5.41) is 6.46. The van der Waals surface area contributed by atoms with Crippen molar-refractivity contribution >= 4 is 5.96 Å². The molecule has 0 bridgehead atoms. The maximum Gasteiger partial charge on any atom is 0.272 e. The fourth-order valence-electron chi connectivity index (χ4n) is 2.42. The Bertz CT molecular complexity index is 520. The van der Waals surface area contributed by atoms with Gasteiger partial charge in [0.05, 0.1) is 12.6 Å².